The number of carbonyl (C=O) groups is 2. The first-order valence-electron chi connectivity index (χ1n) is 6.09. The van der Waals surface area contributed by atoms with E-state index in [1.165, 1.54) is 24.3 Å². The molecule has 0 saturated heterocycles. The van der Waals surface area contributed by atoms with E-state index in [1.807, 2.05) is 6.92 Å². The number of carbonyl (C=O) groups excluding carboxylic acids is 2. The highest BCUT2D eigenvalue weighted by molar-refractivity contribution is 6.30. The number of halogens is 2. The van der Waals surface area contributed by atoms with Gasteiger partial charge in [0, 0.05) is 12.6 Å². The van der Waals surface area contributed by atoms with E-state index in [0.29, 0.717) is 12.1 Å². The monoisotopic (exact) mass is 299 g/mol. The van der Waals surface area contributed by atoms with Crippen LogP contribution in [0.1, 0.15) is 18.9 Å². The van der Waals surface area contributed by atoms with Crippen LogP contribution in [0.5, 0.6) is 0 Å². The fourth-order valence-electron chi connectivity index (χ4n) is 1.28. The van der Waals surface area contributed by atoms with Crippen LogP contribution in [-0.2, 0) is 14.3 Å². The van der Waals surface area contributed by atoms with Crippen LogP contribution in [0, 0.1) is 5.82 Å². The van der Waals surface area contributed by atoms with Crippen LogP contribution in [0.4, 0.5) is 4.39 Å². The Labute approximate surface area is 121 Å². The number of rotatable bonds is 6. The van der Waals surface area contributed by atoms with Gasteiger partial charge >= 0.3 is 5.97 Å². The standard InChI is InChI=1S/C14H15ClFNO3/c1-2-7-17-13(18)9-20-14(19)6-4-10-3-5-12(16)11(15)8-10/h3-6,8H,2,7,9H2,1H3,(H,17,18)/b6-4+. The number of esters is 1. The van der Waals surface area contributed by atoms with Gasteiger partial charge in [0.1, 0.15) is 5.82 Å². The summed E-state index contributed by atoms with van der Waals surface area (Å²) in [6.07, 6.45) is 3.39. The van der Waals surface area contributed by atoms with Gasteiger partial charge in [-0.05, 0) is 30.2 Å². The van der Waals surface area contributed by atoms with E-state index in [9.17, 15) is 14.0 Å². The third kappa shape index (κ3) is 5.84. The zero-order chi connectivity index (χ0) is 15.0. The predicted octanol–water partition coefficient (Wildman–Crippen LogP) is 2.56. The normalized spacial score (nSPS) is 10.6. The molecule has 0 aromatic heterocycles. The summed E-state index contributed by atoms with van der Waals surface area (Å²) in [6.45, 7) is 2.14. The molecule has 20 heavy (non-hydrogen) atoms. The molecule has 0 bridgehead atoms. The molecule has 0 radical (unpaired) electrons. The minimum atomic E-state index is -0.655. The maximum absolute atomic E-state index is 12.9. The molecule has 1 rings (SSSR count). The van der Waals surface area contributed by atoms with Crippen LogP contribution in [-0.4, -0.2) is 25.0 Å². The molecular weight excluding hydrogens is 285 g/mol. The molecule has 0 heterocycles. The summed E-state index contributed by atoms with van der Waals surface area (Å²) in [5.74, 6) is -1.53. The quantitative estimate of drug-likeness (QED) is 0.649. The lowest BCUT2D eigenvalue weighted by Crippen LogP contribution is -2.28. The first-order valence-corrected chi connectivity index (χ1v) is 6.47. The first kappa shape index (κ1) is 16.2. The number of ether oxygens (including phenoxy) is 1. The van der Waals surface area contributed by atoms with Gasteiger partial charge in [-0.1, -0.05) is 24.6 Å². The van der Waals surface area contributed by atoms with Gasteiger partial charge in [-0.3, -0.25) is 4.79 Å². The summed E-state index contributed by atoms with van der Waals surface area (Å²) in [6, 6.07) is 4.05. The van der Waals surface area contributed by atoms with Gasteiger partial charge in [0.15, 0.2) is 6.61 Å². The zero-order valence-electron chi connectivity index (χ0n) is 11.0. The van der Waals surface area contributed by atoms with Gasteiger partial charge in [-0.25, -0.2) is 9.18 Å². The second-order valence-electron chi connectivity index (χ2n) is 3.96. The fourth-order valence-corrected chi connectivity index (χ4v) is 1.47. The Morgan fingerprint density at radius 1 is 1.45 bits per heavy atom. The Hall–Kier alpha value is -1.88. The van der Waals surface area contributed by atoms with Crippen LogP contribution < -0.4 is 5.32 Å². The third-order valence-electron chi connectivity index (χ3n) is 2.27. The van der Waals surface area contributed by atoms with Gasteiger partial charge in [0.2, 0.25) is 0 Å². The summed E-state index contributed by atoms with van der Waals surface area (Å²) in [7, 11) is 0. The Morgan fingerprint density at radius 2 is 2.20 bits per heavy atom. The molecule has 0 spiro atoms. The second-order valence-corrected chi connectivity index (χ2v) is 4.37. The van der Waals surface area contributed by atoms with Gasteiger partial charge < -0.3 is 10.1 Å². The number of hydrogen-bond acceptors (Lipinski definition) is 3. The van der Waals surface area contributed by atoms with E-state index in [2.05, 4.69) is 5.32 Å². The van der Waals surface area contributed by atoms with E-state index in [4.69, 9.17) is 16.3 Å². The fraction of sp³-hybridized carbons (Fsp3) is 0.286. The molecule has 0 fully saturated rings. The van der Waals surface area contributed by atoms with E-state index in [1.54, 1.807) is 0 Å². The molecule has 0 aliphatic carbocycles. The highest BCUT2D eigenvalue weighted by Crippen LogP contribution is 2.16. The Balaban J connectivity index is 2.43. The smallest absolute Gasteiger partial charge is 0.331 e. The van der Waals surface area contributed by atoms with Crippen molar-refractivity contribution in [3.8, 4) is 0 Å². The predicted molar refractivity (Wildman–Crippen MR) is 74.7 cm³/mol. The molecule has 1 aromatic rings. The third-order valence-corrected chi connectivity index (χ3v) is 2.56. The molecule has 0 atom stereocenters. The Kier molecular flexibility index (Phi) is 6.73. The number of nitrogens with one attached hydrogen (secondary N) is 1. The second kappa shape index (κ2) is 8.32. The van der Waals surface area contributed by atoms with Gasteiger partial charge in [-0.2, -0.15) is 0 Å². The van der Waals surface area contributed by atoms with E-state index >= 15 is 0 Å². The maximum atomic E-state index is 12.9. The van der Waals surface area contributed by atoms with Crippen molar-refractivity contribution in [2.75, 3.05) is 13.2 Å². The molecule has 1 N–H and O–H groups in total. The lowest BCUT2D eigenvalue weighted by Gasteiger charge is -2.03. The lowest BCUT2D eigenvalue weighted by atomic mass is 10.2. The topological polar surface area (TPSA) is 55.4 Å². The maximum Gasteiger partial charge on any atom is 0.331 e. The minimum Gasteiger partial charge on any atom is -0.452 e. The van der Waals surface area contributed by atoms with Crippen molar-refractivity contribution >= 4 is 29.6 Å². The highest BCUT2D eigenvalue weighted by atomic mass is 35.5. The van der Waals surface area contributed by atoms with Crippen LogP contribution in [0.25, 0.3) is 6.08 Å². The number of hydrogen-bond donors (Lipinski definition) is 1. The zero-order valence-corrected chi connectivity index (χ0v) is 11.7. The average molecular weight is 300 g/mol. The first-order chi connectivity index (χ1) is 9.52. The summed E-state index contributed by atoms with van der Waals surface area (Å²) in [4.78, 5) is 22.5. The molecule has 108 valence electrons. The van der Waals surface area contributed by atoms with Crippen LogP contribution in [0.3, 0.4) is 0 Å². The minimum absolute atomic E-state index is 0.0283. The molecule has 0 saturated carbocycles. The molecular formula is C14H15ClFNO3. The molecule has 0 aliphatic rings. The number of amides is 1. The van der Waals surface area contributed by atoms with E-state index < -0.39 is 11.8 Å². The summed E-state index contributed by atoms with van der Waals surface area (Å²) >= 11 is 5.60. The molecule has 0 unspecified atom stereocenters. The Morgan fingerprint density at radius 3 is 2.85 bits per heavy atom. The summed E-state index contributed by atoms with van der Waals surface area (Å²) in [5, 5.41) is 2.55. The van der Waals surface area contributed by atoms with Crippen molar-refractivity contribution in [1.29, 1.82) is 0 Å². The highest BCUT2D eigenvalue weighted by Gasteiger charge is 2.04. The van der Waals surface area contributed by atoms with Crippen molar-refractivity contribution < 1.29 is 18.7 Å². The van der Waals surface area contributed by atoms with Crippen LogP contribution >= 0.6 is 11.6 Å². The van der Waals surface area contributed by atoms with Gasteiger partial charge in [-0.15, -0.1) is 0 Å². The summed E-state index contributed by atoms with van der Waals surface area (Å²) < 4.78 is 17.6. The average Bonchev–Trinajstić information content (AvgIpc) is 2.44. The summed E-state index contributed by atoms with van der Waals surface area (Å²) in [5.41, 5.74) is 0.559. The van der Waals surface area contributed by atoms with Gasteiger partial charge in [0.05, 0.1) is 5.02 Å². The van der Waals surface area contributed by atoms with Crippen LogP contribution in [0.15, 0.2) is 24.3 Å². The van der Waals surface area contributed by atoms with Crippen molar-refractivity contribution in [1.82, 2.24) is 5.32 Å². The van der Waals surface area contributed by atoms with Crippen LogP contribution in [0.2, 0.25) is 5.02 Å². The molecule has 6 heteroatoms. The number of benzene rings is 1. The molecule has 0 aliphatic heterocycles. The molecule has 1 amide bonds. The van der Waals surface area contributed by atoms with E-state index in [-0.39, 0.29) is 17.5 Å². The van der Waals surface area contributed by atoms with E-state index in [0.717, 1.165) is 12.5 Å². The lowest BCUT2D eigenvalue weighted by molar-refractivity contribution is -0.143. The molecule has 4 nitrogen and oxygen atoms in total. The van der Waals surface area contributed by atoms with Crippen molar-refractivity contribution in [3.63, 3.8) is 0 Å². The van der Waals surface area contributed by atoms with Crippen molar-refractivity contribution in [2.45, 2.75) is 13.3 Å². The van der Waals surface area contributed by atoms with Crippen molar-refractivity contribution in [3.05, 3.63) is 40.7 Å². The largest absolute Gasteiger partial charge is 0.452 e. The Bertz CT molecular complexity index is 517. The molecule has 1 aromatic carbocycles. The van der Waals surface area contributed by atoms with Crippen molar-refractivity contribution in [2.24, 2.45) is 0 Å². The van der Waals surface area contributed by atoms with Gasteiger partial charge in [0.25, 0.3) is 5.91 Å². The SMILES string of the molecule is CCCNC(=O)COC(=O)/C=C/c1ccc(F)c(Cl)c1.